The normalized spacial score (nSPS) is 25.1. The van der Waals surface area contributed by atoms with E-state index in [9.17, 15) is 4.79 Å². The molecule has 2 aromatic rings. The average Bonchev–Trinajstić information content (AvgIpc) is 3.51. The number of hydrogen-bond acceptors (Lipinski definition) is 5. The summed E-state index contributed by atoms with van der Waals surface area (Å²) in [4.78, 5) is 23.6. The Bertz CT molecular complexity index is 988. The van der Waals surface area contributed by atoms with Crippen molar-refractivity contribution in [2.75, 3.05) is 7.05 Å². The Morgan fingerprint density at radius 3 is 2.78 bits per heavy atom. The van der Waals surface area contributed by atoms with Gasteiger partial charge in [0.05, 0.1) is 28.8 Å². The highest BCUT2D eigenvalue weighted by Gasteiger charge is 2.53. The molecule has 1 fully saturated rings. The van der Waals surface area contributed by atoms with Crippen molar-refractivity contribution in [2.24, 2.45) is 22.6 Å². The van der Waals surface area contributed by atoms with Gasteiger partial charge in [0, 0.05) is 18.8 Å². The molecule has 6 nitrogen and oxygen atoms in total. The monoisotopic (exact) mass is 359 g/mol. The Labute approximate surface area is 158 Å². The second-order valence-electron chi connectivity index (χ2n) is 7.45. The van der Waals surface area contributed by atoms with Crippen LogP contribution in [0.15, 0.2) is 47.6 Å². The number of nitrogens with two attached hydrogens (primary N) is 1. The molecule has 1 aliphatic carbocycles. The Morgan fingerprint density at radius 2 is 2.07 bits per heavy atom. The minimum atomic E-state index is -0.723. The Morgan fingerprint density at radius 1 is 1.30 bits per heavy atom. The minimum Gasteiger partial charge on any atom is -0.369 e. The number of nitriles is 1. The standard InChI is InChI=1S/C21H21N5O/c1-21(18(14-6-7-14)19(27)26(2)20(23)25-21)16-8-9-24-17(11-16)15-5-3-4-13(10-15)12-22/h3-5,8-11,14,18H,6-7H2,1-2H3,(H2,23,25)/t18-,21+/m0/s1. The quantitative estimate of drug-likeness (QED) is 0.911. The maximum absolute atomic E-state index is 13.0. The molecule has 4 rings (SSSR count). The van der Waals surface area contributed by atoms with Crippen molar-refractivity contribution in [3.63, 3.8) is 0 Å². The zero-order chi connectivity index (χ0) is 19.2. The second kappa shape index (κ2) is 6.20. The maximum atomic E-state index is 13.0. The molecule has 1 aromatic carbocycles. The molecule has 1 amide bonds. The van der Waals surface area contributed by atoms with Crippen LogP contribution in [0.2, 0.25) is 0 Å². The van der Waals surface area contributed by atoms with Crippen LogP contribution in [0.25, 0.3) is 11.3 Å². The number of carbonyl (C=O) groups excluding carboxylic acids is 1. The summed E-state index contributed by atoms with van der Waals surface area (Å²) in [6.07, 6.45) is 3.81. The molecule has 0 saturated heterocycles. The second-order valence-corrected chi connectivity index (χ2v) is 7.45. The van der Waals surface area contributed by atoms with E-state index < -0.39 is 5.54 Å². The lowest BCUT2D eigenvalue weighted by atomic mass is 9.75. The highest BCUT2D eigenvalue weighted by atomic mass is 16.2. The molecule has 0 spiro atoms. The number of nitrogens with zero attached hydrogens (tertiary/aromatic N) is 4. The molecule has 2 atom stereocenters. The summed E-state index contributed by atoms with van der Waals surface area (Å²) in [5.74, 6) is 0.373. The summed E-state index contributed by atoms with van der Waals surface area (Å²) in [5.41, 5.74) is 8.44. The number of hydrogen-bond donors (Lipinski definition) is 1. The lowest BCUT2D eigenvalue weighted by molar-refractivity contribution is -0.135. The molecule has 0 radical (unpaired) electrons. The van der Waals surface area contributed by atoms with E-state index in [0.29, 0.717) is 11.5 Å². The number of benzene rings is 1. The molecule has 2 heterocycles. The number of rotatable bonds is 3. The van der Waals surface area contributed by atoms with Crippen molar-refractivity contribution in [1.29, 1.82) is 5.26 Å². The van der Waals surface area contributed by atoms with Gasteiger partial charge in [0.25, 0.3) is 0 Å². The van der Waals surface area contributed by atoms with Crippen molar-refractivity contribution < 1.29 is 4.79 Å². The number of guanidine groups is 1. The van der Waals surface area contributed by atoms with Gasteiger partial charge in [0.2, 0.25) is 5.91 Å². The third-order valence-corrected chi connectivity index (χ3v) is 5.62. The van der Waals surface area contributed by atoms with Gasteiger partial charge in [-0.3, -0.25) is 14.7 Å². The van der Waals surface area contributed by atoms with Crippen LogP contribution in [-0.2, 0) is 10.3 Å². The van der Waals surface area contributed by atoms with E-state index in [2.05, 4.69) is 11.1 Å². The molecular weight excluding hydrogens is 338 g/mol. The van der Waals surface area contributed by atoms with Crippen LogP contribution in [0.1, 0.15) is 30.9 Å². The van der Waals surface area contributed by atoms with Crippen molar-refractivity contribution in [2.45, 2.75) is 25.3 Å². The molecule has 1 saturated carbocycles. The fraction of sp³-hybridized carbons (Fsp3) is 0.333. The smallest absolute Gasteiger partial charge is 0.235 e. The SMILES string of the molecule is CN1C(=O)[C@H](C2CC2)[C@@](C)(c2ccnc(-c3cccc(C#N)c3)c2)N=C1N. The average molecular weight is 359 g/mol. The van der Waals surface area contributed by atoms with Crippen molar-refractivity contribution >= 4 is 11.9 Å². The first-order valence-corrected chi connectivity index (χ1v) is 9.04. The van der Waals surface area contributed by atoms with Crippen LogP contribution in [0, 0.1) is 23.2 Å². The Balaban J connectivity index is 1.82. The molecule has 2 aliphatic rings. The summed E-state index contributed by atoms with van der Waals surface area (Å²) in [6, 6.07) is 13.4. The highest BCUT2D eigenvalue weighted by molar-refractivity contribution is 6.00. The summed E-state index contributed by atoms with van der Waals surface area (Å²) in [7, 11) is 1.68. The minimum absolute atomic E-state index is 0.0253. The maximum Gasteiger partial charge on any atom is 0.235 e. The first-order valence-electron chi connectivity index (χ1n) is 9.04. The molecule has 27 heavy (non-hydrogen) atoms. The third-order valence-electron chi connectivity index (χ3n) is 5.62. The topological polar surface area (TPSA) is 95.4 Å². The third kappa shape index (κ3) is 2.85. The predicted molar refractivity (Wildman–Crippen MR) is 102 cm³/mol. The molecule has 6 heteroatoms. The van der Waals surface area contributed by atoms with Crippen LogP contribution < -0.4 is 5.73 Å². The van der Waals surface area contributed by atoms with Gasteiger partial charge in [-0.25, -0.2) is 4.99 Å². The van der Waals surface area contributed by atoms with Crippen LogP contribution in [0.4, 0.5) is 0 Å². The Hall–Kier alpha value is -3.20. The number of amides is 1. The van der Waals surface area contributed by atoms with E-state index in [0.717, 1.165) is 29.7 Å². The molecule has 0 unspecified atom stereocenters. The van der Waals surface area contributed by atoms with E-state index >= 15 is 0 Å². The highest BCUT2D eigenvalue weighted by Crippen LogP contribution is 2.50. The number of aromatic nitrogens is 1. The Kier molecular flexibility index (Phi) is 3.96. The lowest BCUT2D eigenvalue weighted by Crippen LogP contribution is -2.54. The van der Waals surface area contributed by atoms with Crippen LogP contribution in [0.3, 0.4) is 0 Å². The molecule has 1 aromatic heterocycles. The van der Waals surface area contributed by atoms with Gasteiger partial charge in [-0.15, -0.1) is 0 Å². The number of carbonyl (C=O) groups is 1. The predicted octanol–water partition coefficient (Wildman–Crippen LogP) is 2.65. The fourth-order valence-corrected chi connectivity index (χ4v) is 3.93. The van der Waals surface area contributed by atoms with Crippen molar-refractivity contribution in [3.05, 3.63) is 53.7 Å². The van der Waals surface area contributed by atoms with E-state index in [1.807, 2.05) is 37.3 Å². The summed E-state index contributed by atoms with van der Waals surface area (Å²) in [6.45, 7) is 1.98. The van der Waals surface area contributed by atoms with Gasteiger partial charge >= 0.3 is 0 Å². The van der Waals surface area contributed by atoms with E-state index in [4.69, 9.17) is 16.0 Å². The largest absolute Gasteiger partial charge is 0.369 e. The number of aliphatic imine (C=N–C) groups is 1. The van der Waals surface area contributed by atoms with Crippen LogP contribution in [-0.4, -0.2) is 28.8 Å². The summed E-state index contributed by atoms with van der Waals surface area (Å²) < 4.78 is 0. The molecule has 136 valence electrons. The van der Waals surface area contributed by atoms with E-state index in [1.54, 1.807) is 19.3 Å². The van der Waals surface area contributed by atoms with Gasteiger partial charge in [0.1, 0.15) is 0 Å². The number of pyridine rings is 1. The fourth-order valence-electron chi connectivity index (χ4n) is 3.93. The van der Waals surface area contributed by atoms with Gasteiger partial charge in [0.15, 0.2) is 5.96 Å². The van der Waals surface area contributed by atoms with Crippen molar-refractivity contribution in [1.82, 2.24) is 9.88 Å². The first-order chi connectivity index (χ1) is 12.9. The zero-order valence-electron chi connectivity index (χ0n) is 15.4. The molecule has 0 bridgehead atoms. The molecular formula is C21H21N5O. The zero-order valence-corrected chi connectivity index (χ0v) is 15.4. The summed E-state index contributed by atoms with van der Waals surface area (Å²) in [5, 5.41) is 9.15. The van der Waals surface area contributed by atoms with Gasteiger partial charge in [-0.05, 0) is 55.5 Å². The van der Waals surface area contributed by atoms with Gasteiger partial charge in [-0.1, -0.05) is 12.1 Å². The molecule has 1 aliphatic heterocycles. The summed E-state index contributed by atoms with van der Waals surface area (Å²) >= 11 is 0. The van der Waals surface area contributed by atoms with E-state index in [-0.39, 0.29) is 17.8 Å². The van der Waals surface area contributed by atoms with E-state index in [1.165, 1.54) is 4.90 Å². The van der Waals surface area contributed by atoms with Gasteiger partial charge in [-0.2, -0.15) is 5.26 Å². The van der Waals surface area contributed by atoms with Crippen LogP contribution >= 0.6 is 0 Å². The van der Waals surface area contributed by atoms with Crippen LogP contribution in [0.5, 0.6) is 0 Å². The molecule has 2 N–H and O–H groups in total. The lowest BCUT2D eigenvalue weighted by Gasteiger charge is -2.41. The first kappa shape index (κ1) is 17.2. The van der Waals surface area contributed by atoms with Gasteiger partial charge < -0.3 is 5.73 Å². The van der Waals surface area contributed by atoms with Crippen molar-refractivity contribution in [3.8, 4) is 17.3 Å².